The lowest BCUT2D eigenvalue weighted by molar-refractivity contribution is 0.0940. The second-order valence-electron chi connectivity index (χ2n) is 5.82. The van der Waals surface area contributed by atoms with Crippen LogP contribution in [0.4, 0.5) is 0 Å². The van der Waals surface area contributed by atoms with Gasteiger partial charge in [0.05, 0.1) is 25.1 Å². The molecular weight excluding hydrogens is 348 g/mol. The highest BCUT2D eigenvalue weighted by Gasteiger charge is 2.15. The van der Waals surface area contributed by atoms with Gasteiger partial charge in [-0.25, -0.2) is 9.66 Å². The maximum absolute atomic E-state index is 12.4. The first kappa shape index (κ1) is 18.2. The maximum atomic E-state index is 12.4. The van der Waals surface area contributed by atoms with E-state index >= 15 is 0 Å². The first-order valence-corrected chi connectivity index (χ1v) is 8.31. The fourth-order valence-corrected chi connectivity index (χ4v) is 2.74. The number of nitrogens with one attached hydrogen (secondary N) is 1. The van der Waals surface area contributed by atoms with Crippen LogP contribution in [0.25, 0.3) is 10.9 Å². The van der Waals surface area contributed by atoms with Gasteiger partial charge in [0.2, 0.25) is 5.82 Å². The van der Waals surface area contributed by atoms with Gasteiger partial charge in [-0.15, -0.1) is 0 Å². The van der Waals surface area contributed by atoms with Gasteiger partial charge in [-0.1, -0.05) is 18.2 Å². The van der Waals surface area contributed by atoms with E-state index in [0.717, 1.165) is 10.2 Å². The molecule has 0 aliphatic carbocycles. The van der Waals surface area contributed by atoms with E-state index in [0.29, 0.717) is 35.4 Å². The topological polar surface area (TPSA) is 108 Å². The molecule has 2 aromatic carbocycles. The fourth-order valence-electron chi connectivity index (χ4n) is 2.74. The molecule has 3 aromatic rings. The number of rotatable bonds is 6. The van der Waals surface area contributed by atoms with Gasteiger partial charge in [0.25, 0.3) is 11.5 Å². The number of methoxy groups -OCH3 is 2. The Morgan fingerprint density at radius 3 is 2.63 bits per heavy atom. The number of fused-ring (bicyclic) bond motifs is 1. The lowest BCUT2D eigenvalue weighted by Gasteiger charge is -2.11. The summed E-state index contributed by atoms with van der Waals surface area (Å²) in [7, 11) is 3.13. The standard InChI is InChI=1S/C19H20N4O4/c1-26-15-8-7-12(11-16(15)27-2)9-10-21-18(24)17-22-14-6-4-3-5-13(14)19(25)23(17)20/h3-8,11H,9-10,20H2,1-2H3,(H,21,24). The third-order valence-corrected chi connectivity index (χ3v) is 4.16. The zero-order chi connectivity index (χ0) is 19.4. The molecule has 0 aliphatic rings. The van der Waals surface area contributed by atoms with Gasteiger partial charge in [0.1, 0.15) is 0 Å². The highest BCUT2D eigenvalue weighted by molar-refractivity contribution is 5.93. The Labute approximate surface area is 155 Å². The van der Waals surface area contributed by atoms with Gasteiger partial charge in [0, 0.05) is 6.54 Å². The summed E-state index contributed by atoms with van der Waals surface area (Å²) in [5.41, 5.74) is 0.921. The molecule has 140 valence electrons. The quantitative estimate of drug-likeness (QED) is 0.631. The van der Waals surface area contributed by atoms with Crippen molar-refractivity contribution in [3.8, 4) is 11.5 Å². The molecule has 0 saturated carbocycles. The molecule has 0 unspecified atom stereocenters. The lowest BCUT2D eigenvalue weighted by Crippen LogP contribution is -2.38. The van der Waals surface area contributed by atoms with Crippen molar-refractivity contribution in [2.24, 2.45) is 0 Å². The fraction of sp³-hybridized carbons (Fsp3) is 0.211. The second kappa shape index (κ2) is 7.77. The Morgan fingerprint density at radius 1 is 1.15 bits per heavy atom. The van der Waals surface area contributed by atoms with E-state index in [4.69, 9.17) is 15.3 Å². The van der Waals surface area contributed by atoms with E-state index in [1.807, 2.05) is 12.1 Å². The summed E-state index contributed by atoms with van der Waals surface area (Å²) >= 11 is 0. The van der Waals surface area contributed by atoms with Crippen molar-refractivity contribution in [2.75, 3.05) is 26.6 Å². The van der Waals surface area contributed by atoms with Crippen LogP contribution >= 0.6 is 0 Å². The van der Waals surface area contributed by atoms with Crippen molar-refractivity contribution in [3.63, 3.8) is 0 Å². The van der Waals surface area contributed by atoms with Crippen molar-refractivity contribution >= 4 is 16.8 Å². The molecule has 1 heterocycles. The molecule has 8 nitrogen and oxygen atoms in total. The van der Waals surface area contributed by atoms with E-state index in [2.05, 4.69) is 10.3 Å². The number of carbonyl (C=O) groups excluding carboxylic acids is 1. The molecule has 0 fully saturated rings. The average Bonchev–Trinajstić information content (AvgIpc) is 2.70. The second-order valence-corrected chi connectivity index (χ2v) is 5.82. The average molecular weight is 368 g/mol. The third kappa shape index (κ3) is 3.69. The van der Waals surface area contributed by atoms with Crippen molar-refractivity contribution in [1.82, 2.24) is 15.0 Å². The molecule has 0 atom stereocenters. The van der Waals surface area contributed by atoms with Crippen molar-refractivity contribution < 1.29 is 14.3 Å². The van der Waals surface area contributed by atoms with E-state index in [1.165, 1.54) is 0 Å². The Kier molecular flexibility index (Phi) is 5.25. The van der Waals surface area contributed by atoms with Crippen LogP contribution in [0.5, 0.6) is 11.5 Å². The summed E-state index contributed by atoms with van der Waals surface area (Å²) in [6.07, 6.45) is 0.564. The molecule has 0 saturated heterocycles. The molecule has 0 bridgehead atoms. The summed E-state index contributed by atoms with van der Waals surface area (Å²) in [6, 6.07) is 12.3. The van der Waals surface area contributed by atoms with Gasteiger partial charge >= 0.3 is 0 Å². The van der Waals surface area contributed by atoms with Crippen LogP contribution in [0.2, 0.25) is 0 Å². The molecule has 3 N–H and O–H groups in total. The molecule has 8 heteroatoms. The number of nitrogen functional groups attached to an aromatic ring is 1. The van der Waals surface area contributed by atoms with Crippen molar-refractivity contribution in [1.29, 1.82) is 0 Å². The first-order valence-electron chi connectivity index (χ1n) is 8.31. The minimum Gasteiger partial charge on any atom is -0.493 e. The molecule has 0 aliphatic heterocycles. The van der Waals surface area contributed by atoms with Crippen LogP contribution in [-0.4, -0.2) is 36.3 Å². The number of aromatic nitrogens is 2. The molecular formula is C19H20N4O4. The lowest BCUT2D eigenvalue weighted by atomic mass is 10.1. The van der Waals surface area contributed by atoms with Crippen LogP contribution in [0, 0.1) is 0 Å². The number of benzene rings is 2. The Balaban J connectivity index is 1.72. The number of amides is 1. The Bertz CT molecular complexity index is 1050. The number of ether oxygens (including phenoxy) is 2. The van der Waals surface area contributed by atoms with E-state index < -0.39 is 11.5 Å². The summed E-state index contributed by atoms with van der Waals surface area (Å²) in [4.78, 5) is 28.9. The molecule has 0 radical (unpaired) electrons. The van der Waals surface area contributed by atoms with Gasteiger partial charge in [0.15, 0.2) is 11.5 Å². The Morgan fingerprint density at radius 2 is 1.89 bits per heavy atom. The minimum absolute atomic E-state index is 0.133. The predicted molar refractivity (Wildman–Crippen MR) is 102 cm³/mol. The number of nitrogens with zero attached hydrogens (tertiary/aromatic N) is 2. The maximum Gasteiger partial charge on any atom is 0.289 e. The first-order chi connectivity index (χ1) is 13.0. The van der Waals surface area contributed by atoms with Crippen LogP contribution in [0.3, 0.4) is 0 Å². The molecule has 1 amide bonds. The van der Waals surface area contributed by atoms with Crippen LogP contribution < -0.4 is 26.2 Å². The molecule has 27 heavy (non-hydrogen) atoms. The van der Waals surface area contributed by atoms with Gasteiger partial charge in [-0.05, 0) is 36.2 Å². The monoisotopic (exact) mass is 368 g/mol. The Hall–Kier alpha value is -3.55. The summed E-state index contributed by atoms with van der Waals surface area (Å²) in [5.74, 6) is 6.36. The number of para-hydroxylation sites is 1. The highest BCUT2D eigenvalue weighted by atomic mass is 16.5. The zero-order valence-corrected chi connectivity index (χ0v) is 15.1. The van der Waals surface area contributed by atoms with Gasteiger partial charge in [-0.2, -0.15) is 0 Å². The number of hydrogen-bond acceptors (Lipinski definition) is 6. The van der Waals surface area contributed by atoms with Crippen molar-refractivity contribution in [3.05, 3.63) is 64.2 Å². The number of carbonyl (C=O) groups is 1. The largest absolute Gasteiger partial charge is 0.493 e. The van der Waals surface area contributed by atoms with E-state index in [1.54, 1.807) is 44.6 Å². The van der Waals surface area contributed by atoms with Crippen LogP contribution in [0.1, 0.15) is 16.2 Å². The molecule has 3 rings (SSSR count). The van der Waals surface area contributed by atoms with Crippen molar-refractivity contribution in [2.45, 2.75) is 6.42 Å². The molecule has 1 aromatic heterocycles. The van der Waals surface area contributed by atoms with Gasteiger partial charge in [-0.3, -0.25) is 9.59 Å². The summed E-state index contributed by atoms with van der Waals surface area (Å²) < 4.78 is 11.2. The smallest absolute Gasteiger partial charge is 0.289 e. The normalized spacial score (nSPS) is 10.6. The third-order valence-electron chi connectivity index (χ3n) is 4.16. The number of hydrogen-bond donors (Lipinski definition) is 2. The predicted octanol–water partition coefficient (Wildman–Crippen LogP) is 1.10. The highest BCUT2D eigenvalue weighted by Crippen LogP contribution is 2.27. The van der Waals surface area contributed by atoms with Crippen LogP contribution in [-0.2, 0) is 6.42 Å². The summed E-state index contributed by atoms with van der Waals surface area (Å²) in [5, 5.41) is 3.10. The minimum atomic E-state index is -0.513. The van der Waals surface area contributed by atoms with Gasteiger partial charge < -0.3 is 20.6 Å². The molecule has 0 spiro atoms. The van der Waals surface area contributed by atoms with E-state index in [9.17, 15) is 9.59 Å². The van der Waals surface area contributed by atoms with E-state index in [-0.39, 0.29) is 5.82 Å². The SMILES string of the molecule is COc1ccc(CCNC(=O)c2nc3ccccc3c(=O)n2N)cc1OC. The van der Waals surface area contributed by atoms with Crippen LogP contribution in [0.15, 0.2) is 47.3 Å². The zero-order valence-electron chi connectivity index (χ0n) is 15.1. The number of nitrogens with two attached hydrogens (primary N) is 1. The summed E-state index contributed by atoms with van der Waals surface area (Å²) in [6.45, 7) is 0.344.